The van der Waals surface area contributed by atoms with E-state index >= 15 is 0 Å². The molecule has 0 aromatic heterocycles. The van der Waals surface area contributed by atoms with Crippen molar-refractivity contribution in [3.63, 3.8) is 0 Å². The largest absolute Gasteiger partial charge is 0.478 e. The van der Waals surface area contributed by atoms with E-state index in [2.05, 4.69) is 6.58 Å². The average molecular weight is 176 g/mol. The van der Waals surface area contributed by atoms with E-state index in [9.17, 15) is 4.79 Å². The monoisotopic (exact) mass is 176 g/mol. The third-order valence-corrected chi connectivity index (χ3v) is 2.02. The standard InChI is InChI=1S/C7H12O3S/c1-6(7(8)9)5-11-4-3-10-2/h1,3-5H2,2H3,(H,8,9). The molecule has 0 heterocycles. The van der Waals surface area contributed by atoms with E-state index in [1.807, 2.05) is 0 Å². The smallest absolute Gasteiger partial charge is 0.331 e. The van der Waals surface area contributed by atoms with E-state index in [4.69, 9.17) is 9.84 Å². The number of carbonyl (C=O) groups is 1. The molecule has 64 valence electrons. The summed E-state index contributed by atoms with van der Waals surface area (Å²) >= 11 is 1.51. The number of carboxylic acid groups (broad SMARTS) is 1. The minimum absolute atomic E-state index is 0.242. The van der Waals surface area contributed by atoms with Gasteiger partial charge >= 0.3 is 5.97 Å². The predicted molar refractivity (Wildman–Crippen MR) is 46.0 cm³/mol. The fraction of sp³-hybridized carbons (Fsp3) is 0.571. The lowest BCUT2D eigenvalue weighted by molar-refractivity contribution is -0.132. The third-order valence-electron chi connectivity index (χ3n) is 1.01. The highest BCUT2D eigenvalue weighted by atomic mass is 32.2. The summed E-state index contributed by atoms with van der Waals surface area (Å²) in [5.74, 6) is 0.358. The van der Waals surface area contributed by atoms with Gasteiger partial charge in [0.2, 0.25) is 0 Å². The van der Waals surface area contributed by atoms with Crippen molar-refractivity contribution in [2.75, 3.05) is 25.2 Å². The zero-order chi connectivity index (χ0) is 8.69. The second-order valence-electron chi connectivity index (χ2n) is 1.95. The van der Waals surface area contributed by atoms with E-state index in [1.54, 1.807) is 7.11 Å². The van der Waals surface area contributed by atoms with Gasteiger partial charge in [0.1, 0.15) is 0 Å². The SMILES string of the molecule is C=C(CSCCOC)C(=O)O. The molecule has 11 heavy (non-hydrogen) atoms. The summed E-state index contributed by atoms with van der Waals surface area (Å²) in [4.78, 5) is 10.2. The maximum absolute atomic E-state index is 10.2. The Morgan fingerprint density at radius 3 is 2.82 bits per heavy atom. The van der Waals surface area contributed by atoms with Crippen LogP contribution in [-0.2, 0) is 9.53 Å². The lowest BCUT2D eigenvalue weighted by Crippen LogP contribution is -2.02. The highest BCUT2D eigenvalue weighted by Gasteiger charge is 2.02. The van der Waals surface area contributed by atoms with Crippen LogP contribution in [0, 0.1) is 0 Å². The molecule has 0 saturated carbocycles. The first kappa shape index (κ1) is 10.5. The van der Waals surface area contributed by atoms with Gasteiger partial charge in [-0.25, -0.2) is 4.79 Å². The first-order valence-corrected chi connectivity index (χ1v) is 4.31. The van der Waals surface area contributed by atoms with Crippen molar-refractivity contribution in [3.05, 3.63) is 12.2 Å². The van der Waals surface area contributed by atoms with E-state index in [-0.39, 0.29) is 5.57 Å². The zero-order valence-corrected chi connectivity index (χ0v) is 7.32. The summed E-state index contributed by atoms with van der Waals surface area (Å²) in [6.45, 7) is 4.04. The number of carboxylic acids is 1. The van der Waals surface area contributed by atoms with E-state index in [0.29, 0.717) is 12.4 Å². The second-order valence-corrected chi connectivity index (χ2v) is 3.06. The molecule has 0 bridgehead atoms. The lowest BCUT2D eigenvalue weighted by Gasteiger charge is -1.99. The molecule has 0 spiro atoms. The molecule has 0 atom stereocenters. The van der Waals surface area contributed by atoms with Crippen LogP contribution >= 0.6 is 11.8 Å². The minimum atomic E-state index is -0.921. The van der Waals surface area contributed by atoms with Gasteiger partial charge in [0.05, 0.1) is 6.61 Å². The first-order chi connectivity index (χ1) is 5.18. The van der Waals surface area contributed by atoms with Crippen LogP contribution in [0.5, 0.6) is 0 Å². The number of methoxy groups -OCH3 is 1. The summed E-state index contributed by atoms with van der Waals surface area (Å²) in [6, 6.07) is 0. The van der Waals surface area contributed by atoms with Gasteiger partial charge in [-0.15, -0.1) is 0 Å². The zero-order valence-electron chi connectivity index (χ0n) is 6.50. The molecule has 1 N–H and O–H groups in total. The summed E-state index contributed by atoms with van der Waals surface area (Å²) in [5, 5.41) is 8.39. The highest BCUT2D eigenvalue weighted by Crippen LogP contribution is 2.05. The third kappa shape index (κ3) is 5.94. The van der Waals surface area contributed by atoms with Crippen molar-refractivity contribution in [1.82, 2.24) is 0 Å². The Labute approximate surface area is 70.4 Å². The van der Waals surface area contributed by atoms with Gasteiger partial charge in [-0.2, -0.15) is 11.8 Å². The molecule has 0 aliphatic rings. The van der Waals surface area contributed by atoms with Gasteiger partial charge in [-0.1, -0.05) is 6.58 Å². The Morgan fingerprint density at radius 1 is 1.73 bits per heavy atom. The van der Waals surface area contributed by atoms with Gasteiger partial charge in [-0.05, 0) is 0 Å². The van der Waals surface area contributed by atoms with E-state index < -0.39 is 5.97 Å². The molecule has 4 heteroatoms. The van der Waals surface area contributed by atoms with Crippen LogP contribution in [0.1, 0.15) is 0 Å². The predicted octanol–water partition coefficient (Wildman–Crippen LogP) is 1.01. The molecule has 0 radical (unpaired) electrons. The number of rotatable bonds is 6. The van der Waals surface area contributed by atoms with E-state index in [1.165, 1.54) is 11.8 Å². The Bertz CT molecular complexity index is 145. The number of ether oxygens (including phenoxy) is 1. The van der Waals surface area contributed by atoms with Gasteiger partial charge in [-0.3, -0.25) is 0 Å². The Hall–Kier alpha value is -0.480. The van der Waals surface area contributed by atoms with Gasteiger partial charge in [0.25, 0.3) is 0 Å². The number of hydrogen-bond donors (Lipinski definition) is 1. The average Bonchev–Trinajstić information content (AvgIpc) is 1.97. The number of thioether (sulfide) groups is 1. The molecule has 0 fully saturated rings. The van der Waals surface area contributed by atoms with Crippen LogP contribution in [0.3, 0.4) is 0 Å². The summed E-state index contributed by atoms with van der Waals surface area (Å²) in [7, 11) is 1.62. The molecule has 3 nitrogen and oxygen atoms in total. The van der Waals surface area contributed by atoms with Crippen molar-refractivity contribution < 1.29 is 14.6 Å². The number of hydrogen-bond acceptors (Lipinski definition) is 3. The highest BCUT2D eigenvalue weighted by molar-refractivity contribution is 7.99. The van der Waals surface area contributed by atoms with Gasteiger partial charge in [0, 0.05) is 24.2 Å². The maximum atomic E-state index is 10.2. The molecule has 0 rings (SSSR count). The summed E-state index contributed by atoms with van der Waals surface area (Å²) < 4.78 is 4.79. The first-order valence-electron chi connectivity index (χ1n) is 3.16. The lowest BCUT2D eigenvalue weighted by atomic mass is 10.4. The fourth-order valence-electron chi connectivity index (χ4n) is 0.399. The fourth-order valence-corrected chi connectivity index (χ4v) is 1.20. The summed E-state index contributed by atoms with van der Waals surface area (Å²) in [6.07, 6.45) is 0. The molecular weight excluding hydrogens is 164 g/mol. The Kier molecular flexibility index (Phi) is 5.97. The molecule has 0 saturated heterocycles. The number of aliphatic carboxylic acids is 1. The molecule has 0 aliphatic heterocycles. The van der Waals surface area contributed by atoms with Crippen LogP contribution in [0.15, 0.2) is 12.2 Å². The summed E-state index contributed by atoms with van der Waals surface area (Å²) in [5.41, 5.74) is 0.242. The Balaban J connectivity index is 3.25. The maximum Gasteiger partial charge on any atom is 0.331 e. The molecule has 0 amide bonds. The van der Waals surface area contributed by atoms with Crippen LogP contribution in [0.4, 0.5) is 0 Å². The Morgan fingerprint density at radius 2 is 2.36 bits per heavy atom. The van der Waals surface area contributed by atoms with Crippen LogP contribution in [-0.4, -0.2) is 36.3 Å². The minimum Gasteiger partial charge on any atom is -0.478 e. The van der Waals surface area contributed by atoms with E-state index in [0.717, 1.165) is 5.75 Å². The quantitative estimate of drug-likeness (QED) is 0.484. The van der Waals surface area contributed by atoms with Crippen molar-refractivity contribution >= 4 is 17.7 Å². The van der Waals surface area contributed by atoms with Crippen LogP contribution < -0.4 is 0 Å². The molecular formula is C7H12O3S. The van der Waals surface area contributed by atoms with Crippen molar-refractivity contribution in [2.45, 2.75) is 0 Å². The topological polar surface area (TPSA) is 46.5 Å². The second kappa shape index (κ2) is 6.24. The molecule has 0 aromatic rings. The molecule has 0 unspecified atom stereocenters. The van der Waals surface area contributed by atoms with Crippen LogP contribution in [0.25, 0.3) is 0 Å². The molecule has 0 aliphatic carbocycles. The van der Waals surface area contributed by atoms with Crippen molar-refractivity contribution in [1.29, 1.82) is 0 Å². The normalized spacial score (nSPS) is 9.55. The molecule has 0 aromatic carbocycles. The van der Waals surface area contributed by atoms with Gasteiger partial charge < -0.3 is 9.84 Å². The van der Waals surface area contributed by atoms with Crippen molar-refractivity contribution in [2.24, 2.45) is 0 Å². The van der Waals surface area contributed by atoms with Crippen molar-refractivity contribution in [3.8, 4) is 0 Å². The van der Waals surface area contributed by atoms with Crippen LogP contribution in [0.2, 0.25) is 0 Å². The van der Waals surface area contributed by atoms with Gasteiger partial charge in [0.15, 0.2) is 0 Å².